The Morgan fingerprint density at radius 2 is 2.05 bits per heavy atom. The summed E-state index contributed by atoms with van der Waals surface area (Å²) in [5.74, 6) is 0.336. The van der Waals surface area contributed by atoms with Crippen LogP contribution < -0.4 is 10.2 Å². The predicted molar refractivity (Wildman–Crippen MR) is 91.4 cm³/mol. The maximum atomic E-state index is 13.9. The van der Waals surface area contributed by atoms with Crippen LogP contribution in [0.3, 0.4) is 0 Å². The molecule has 0 aromatic heterocycles. The second kappa shape index (κ2) is 6.66. The van der Waals surface area contributed by atoms with Crippen molar-refractivity contribution in [2.75, 3.05) is 18.0 Å². The number of halogens is 2. The molecule has 1 aromatic carbocycles. The first-order valence-electron chi connectivity index (χ1n) is 7.89. The lowest BCUT2D eigenvalue weighted by molar-refractivity contribution is 0.227. The van der Waals surface area contributed by atoms with Crippen LogP contribution in [0.4, 0.5) is 10.1 Å². The van der Waals surface area contributed by atoms with Gasteiger partial charge in [-0.3, -0.25) is 0 Å². The Labute approximate surface area is 136 Å². The third-order valence-corrected chi connectivity index (χ3v) is 5.56. The molecule has 1 unspecified atom stereocenters. The van der Waals surface area contributed by atoms with E-state index >= 15 is 0 Å². The summed E-state index contributed by atoms with van der Waals surface area (Å²) in [6, 6.07) is 5.88. The second-order valence-corrected chi connectivity index (χ2v) is 7.26. The Hall–Kier alpha value is -0.610. The van der Waals surface area contributed by atoms with Gasteiger partial charge in [-0.1, -0.05) is 27.7 Å². The molecule has 1 saturated heterocycles. The molecule has 1 heterocycles. The third-order valence-electron chi connectivity index (χ3n) is 4.92. The van der Waals surface area contributed by atoms with Crippen molar-refractivity contribution in [3.63, 3.8) is 0 Å². The molecular weight excluding hydrogens is 331 g/mol. The Balaban J connectivity index is 2.35. The Morgan fingerprint density at radius 1 is 1.38 bits per heavy atom. The van der Waals surface area contributed by atoms with E-state index in [1.165, 1.54) is 0 Å². The van der Waals surface area contributed by atoms with Crippen molar-refractivity contribution in [2.45, 2.75) is 52.1 Å². The summed E-state index contributed by atoms with van der Waals surface area (Å²) in [5, 5.41) is 3.74. The van der Waals surface area contributed by atoms with Gasteiger partial charge in [-0.2, -0.15) is 0 Å². The maximum absolute atomic E-state index is 13.9. The molecule has 118 valence electrons. The molecular formula is C17H26BrFN2. The normalized spacial score (nSPS) is 21.9. The molecule has 21 heavy (non-hydrogen) atoms. The van der Waals surface area contributed by atoms with Gasteiger partial charge in [0, 0.05) is 30.4 Å². The highest BCUT2D eigenvalue weighted by atomic mass is 79.9. The van der Waals surface area contributed by atoms with Crippen LogP contribution in [0.5, 0.6) is 0 Å². The smallest absolute Gasteiger partial charge is 0.139 e. The van der Waals surface area contributed by atoms with E-state index in [0.29, 0.717) is 16.4 Å². The summed E-state index contributed by atoms with van der Waals surface area (Å²) >= 11 is 3.24. The number of hydrogen-bond acceptors (Lipinski definition) is 2. The van der Waals surface area contributed by atoms with E-state index in [2.05, 4.69) is 53.8 Å². The topological polar surface area (TPSA) is 15.3 Å². The molecule has 1 aromatic rings. The number of rotatable bonds is 4. The summed E-state index contributed by atoms with van der Waals surface area (Å²) < 4.78 is 14.5. The minimum Gasteiger partial charge on any atom is -0.365 e. The highest BCUT2D eigenvalue weighted by Gasteiger charge is 2.38. The first-order chi connectivity index (χ1) is 9.92. The van der Waals surface area contributed by atoms with Gasteiger partial charge in [0.2, 0.25) is 0 Å². The fourth-order valence-corrected chi connectivity index (χ4v) is 3.44. The van der Waals surface area contributed by atoms with Gasteiger partial charge >= 0.3 is 0 Å². The monoisotopic (exact) mass is 356 g/mol. The van der Waals surface area contributed by atoms with E-state index in [-0.39, 0.29) is 11.4 Å². The molecule has 1 aliphatic heterocycles. The molecule has 0 saturated carbocycles. The van der Waals surface area contributed by atoms with Gasteiger partial charge in [-0.15, -0.1) is 0 Å². The van der Waals surface area contributed by atoms with Gasteiger partial charge in [-0.25, -0.2) is 4.39 Å². The van der Waals surface area contributed by atoms with Crippen LogP contribution in [0.1, 0.15) is 40.5 Å². The van der Waals surface area contributed by atoms with Crippen LogP contribution in [0, 0.1) is 11.7 Å². The maximum Gasteiger partial charge on any atom is 0.139 e. The number of piperazine rings is 1. The van der Waals surface area contributed by atoms with Gasteiger partial charge in [-0.05, 0) is 52.9 Å². The van der Waals surface area contributed by atoms with E-state index in [0.717, 1.165) is 31.6 Å². The highest BCUT2D eigenvalue weighted by molar-refractivity contribution is 9.10. The molecule has 0 radical (unpaired) electrons. The average molecular weight is 357 g/mol. The Bertz CT molecular complexity index is 486. The van der Waals surface area contributed by atoms with E-state index in [9.17, 15) is 4.39 Å². The van der Waals surface area contributed by atoms with Gasteiger partial charge in [0.15, 0.2) is 0 Å². The molecule has 1 atom stereocenters. The van der Waals surface area contributed by atoms with Gasteiger partial charge in [0.05, 0.1) is 4.47 Å². The molecule has 0 amide bonds. The van der Waals surface area contributed by atoms with Crippen LogP contribution in [-0.4, -0.2) is 24.7 Å². The van der Waals surface area contributed by atoms with Crippen molar-refractivity contribution in [3.05, 3.63) is 28.5 Å². The van der Waals surface area contributed by atoms with Gasteiger partial charge in [0.1, 0.15) is 5.82 Å². The SMILES string of the molecule is CCC1(CC)CN(c2ccc(Br)c(F)c2)C(C(C)C)CN1. The number of nitrogens with one attached hydrogen (secondary N) is 1. The third kappa shape index (κ3) is 3.42. The fourth-order valence-electron chi connectivity index (χ4n) is 3.20. The lowest BCUT2D eigenvalue weighted by Crippen LogP contribution is -2.65. The molecule has 0 bridgehead atoms. The summed E-state index contributed by atoms with van der Waals surface area (Å²) in [4.78, 5) is 2.39. The van der Waals surface area contributed by atoms with Crippen molar-refractivity contribution >= 4 is 21.6 Å². The quantitative estimate of drug-likeness (QED) is 0.849. The molecule has 2 nitrogen and oxygen atoms in total. The van der Waals surface area contributed by atoms with Crippen LogP contribution in [0.25, 0.3) is 0 Å². The Morgan fingerprint density at radius 3 is 2.57 bits per heavy atom. The molecule has 1 fully saturated rings. The molecule has 0 aliphatic carbocycles. The zero-order chi connectivity index (χ0) is 15.6. The standard InChI is InChI=1S/C17H26BrFN2/c1-5-17(6-2)11-21(16(10-20-17)12(3)4)13-7-8-14(18)15(19)9-13/h7-9,12,16,20H,5-6,10-11H2,1-4H3. The van der Waals surface area contributed by atoms with Crippen LogP contribution in [-0.2, 0) is 0 Å². The van der Waals surface area contributed by atoms with Crippen molar-refractivity contribution in [1.82, 2.24) is 5.32 Å². The van der Waals surface area contributed by atoms with E-state index < -0.39 is 0 Å². The number of anilines is 1. The zero-order valence-electron chi connectivity index (χ0n) is 13.4. The summed E-state index contributed by atoms with van der Waals surface area (Å²) in [5.41, 5.74) is 1.12. The largest absolute Gasteiger partial charge is 0.365 e. The lowest BCUT2D eigenvalue weighted by Gasteiger charge is -2.50. The zero-order valence-corrected chi connectivity index (χ0v) is 15.0. The van der Waals surface area contributed by atoms with Crippen molar-refractivity contribution in [1.29, 1.82) is 0 Å². The fraction of sp³-hybridized carbons (Fsp3) is 0.647. The predicted octanol–water partition coefficient (Wildman–Crippen LogP) is 4.58. The van der Waals surface area contributed by atoms with E-state index in [1.807, 2.05) is 12.1 Å². The average Bonchev–Trinajstić information content (AvgIpc) is 2.49. The lowest BCUT2D eigenvalue weighted by atomic mass is 9.86. The van der Waals surface area contributed by atoms with Gasteiger partial charge in [0.25, 0.3) is 0 Å². The molecule has 1 aliphatic rings. The number of nitrogens with zero attached hydrogens (tertiary/aromatic N) is 1. The molecule has 4 heteroatoms. The van der Waals surface area contributed by atoms with Crippen molar-refractivity contribution < 1.29 is 4.39 Å². The Kier molecular flexibility index (Phi) is 5.31. The second-order valence-electron chi connectivity index (χ2n) is 6.41. The van der Waals surface area contributed by atoms with Crippen LogP contribution in [0.2, 0.25) is 0 Å². The molecule has 0 spiro atoms. The molecule has 2 rings (SSSR count). The van der Waals surface area contributed by atoms with Gasteiger partial charge < -0.3 is 10.2 Å². The number of hydrogen-bond donors (Lipinski definition) is 1. The minimum atomic E-state index is -0.188. The summed E-state index contributed by atoms with van der Waals surface area (Å²) in [6.07, 6.45) is 2.17. The first-order valence-corrected chi connectivity index (χ1v) is 8.68. The van der Waals surface area contributed by atoms with E-state index in [4.69, 9.17) is 0 Å². The number of benzene rings is 1. The summed E-state index contributed by atoms with van der Waals surface area (Å²) in [7, 11) is 0. The van der Waals surface area contributed by atoms with E-state index in [1.54, 1.807) is 6.07 Å². The minimum absolute atomic E-state index is 0.134. The molecule has 1 N–H and O–H groups in total. The first kappa shape index (κ1) is 16.8. The van der Waals surface area contributed by atoms with Crippen LogP contribution >= 0.6 is 15.9 Å². The van der Waals surface area contributed by atoms with Crippen LogP contribution in [0.15, 0.2) is 22.7 Å². The van der Waals surface area contributed by atoms with Crippen molar-refractivity contribution in [3.8, 4) is 0 Å². The van der Waals surface area contributed by atoms with Crippen molar-refractivity contribution in [2.24, 2.45) is 5.92 Å². The summed E-state index contributed by atoms with van der Waals surface area (Å²) in [6.45, 7) is 10.8. The highest BCUT2D eigenvalue weighted by Crippen LogP contribution is 2.31.